The van der Waals surface area contributed by atoms with Gasteiger partial charge < -0.3 is 10.6 Å². The van der Waals surface area contributed by atoms with Gasteiger partial charge in [-0.2, -0.15) is 0 Å². The molecule has 2 unspecified atom stereocenters. The normalized spacial score (nSPS) is 28.0. The molecule has 0 aromatic carbocycles. The lowest BCUT2D eigenvalue weighted by atomic mass is 9.98. The maximum absolute atomic E-state index is 12.4. The first-order chi connectivity index (χ1) is 9.20. The number of nitrogens with two attached hydrogens (primary N) is 1. The van der Waals surface area contributed by atoms with Gasteiger partial charge in [-0.05, 0) is 51.1 Å². The van der Waals surface area contributed by atoms with Gasteiger partial charge in [0, 0.05) is 19.1 Å². The molecule has 1 amide bonds. The van der Waals surface area contributed by atoms with Crippen molar-refractivity contribution in [3.05, 3.63) is 0 Å². The predicted molar refractivity (Wildman–Crippen MR) is 85.1 cm³/mol. The second-order valence-corrected chi connectivity index (χ2v) is 6.28. The Hall–Kier alpha value is -0.320. The maximum atomic E-state index is 12.4. The van der Waals surface area contributed by atoms with E-state index >= 15 is 0 Å². The molecule has 0 saturated carbocycles. The van der Waals surface area contributed by atoms with Gasteiger partial charge in [-0.15, -0.1) is 12.4 Å². The topological polar surface area (TPSA) is 49.6 Å². The Balaban J connectivity index is 0.00000200. The minimum Gasteiger partial charge on any atom is -0.341 e. The summed E-state index contributed by atoms with van der Waals surface area (Å²) in [6.45, 7) is 6.57. The molecule has 0 aliphatic carbocycles. The van der Waals surface area contributed by atoms with Gasteiger partial charge in [0.05, 0.1) is 6.54 Å². The van der Waals surface area contributed by atoms with Crippen LogP contribution in [0, 0.1) is 5.92 Å². The van der Waals surface area contributed by atoms with Gasteiger partial charge in [0.2, 0.25) is 5.91 Å². The van der Waals surface area contributed by atoms with Crippen LogP contribution in [0.4, 0.5) is 0 Å². The highest BCUT2D eigenvalue weighted by molar-refractivity contribution is 5.85. The Morgan fingerprint density at radius 1 is 1.20 bits per heavy atom. The molecule has 2 saturated heterocycles. The highest BCUT2D eigenvalue weighted by Crippen LogP contribution is 2.20. The van der Waals surface area contributed by atoms with Crippen LogP contribution in [0.2, 0.25) is 0 Å². The molecule has 0 radical (unpaired) electrons. The van der Waals surface area contributed by atoms with Crippen molar-refractivity contribution in [2.75, 3.05) is 32.7 Å². The van der Waals surface area contributed by atoms with E-state index in [1.54, 1.807) is 0 Å². The molecule has 0 aromatic rings. The zero-order chi connectivity index (χ0) is 13.7. The van der Waals surface area contributed by atoms with E-state index in [0.717, 1.165) is 32.6 Å². The molecule has 118 valence electrons. The summed E-state index contributed by atoms with van der Waals surface area (Å²) in [5.41, 5.74) is 5.69. The first-order valence-corrected chi connectivity index (χ1v) is 7.92. The average Bonchev–Trinajstić information content (AvgIpc) is 2.41. The van der Waals surface area contributed by atoms with E-state index in [1.165, 1.54) is 32.1 Å². The van der Waals surface area contributed by atoms with E-state index in [4.69, 9.17) is 5.73 Å². The Bertz CT molecular complexity index is 299. The van der Waals surface area contributed by atoms with Gasteiger partial charge in [-0.1, -0.05) is 13.3 Å². The lowest BCUT2D eigenvalue weighted by molar-refractivity contribution is -0.135. The zero-order valence-corrected chi connectivity index (χ0v) is 13.5. The maximum Gasteiger partial charge on any atom is 0.236 e. The van der Waals surface area contributed by atoms with Crippen molar-refractivity contribution in [1.82, 2.24) is 9.80 Å². The SMILES string of the molecule is CC1CCCN(C(=O)CN2CCCCC2CCN)C1.Cl. The van der Waals surface area contributed by atoms with Crippen LogP contribution in [0.15, 0.2) is 0 Å². The summed E-state index contributed by atoms with van der Waals surface area (Å²) in [6.07, 6.45) is 7.19. The van der Waals surface area contributed by atoms with Gasteiger partial charge in [0.1, 0.15) is 0 Å². The fourth-order valence-corrected chi connectivity index (χ4v) is 3.48. The molecule has 2 N–H and O–H groups in total. The van der Waals surface area contributed by atoms with Crippen molar-refractivity contribution < 1.29 is 4.79 Å². The van der Waals surface area contributed by atoms with Gasteiger partial charge in [0.15, 0.2) is 0 Å². The molecule has 2 rings (SSSR count). The largest absolute Gasteiger partial charge is 0.341 e. The molecule has 2 fully saturated rings. The molecule has 0 bridgehead atoms. The molecule has 2 aliphatic heterocycles. The van der Waals surface area contributed by atoms with Crippen molar-refractivity contribution in [2.24, 2.45) is 11.7 Å². The Labute approximate surface area is 129 Å². The summed E-state index contributed by atoms with van der Waals surface area (Å²) >= 11 is 0. The van der Waals surface area contributed by atoms with Crippen molar-refractivity contribution in [1.29, 1.82) is 0 Å². The number of likely N-dealkylation sites (tertiary alicyclic amines) is 2. The molecule has 2 atom stereocenters. The number of halogens is 1. The van der Waals surface area contributed by atoms with Crippen LogP contribution in [0.1, 0.15) is 45.4 Å². The summed E-state index contributed by atoms with van der Waals surface area (Å²) in [5.74, 6) is 0.995. The third kappa shape index (κ3) is 4.90. The van der Waals surface area contributed by atoms with E-state index in [2.05, 4.69) is 16.7 Å². The van der Waals surface area contributed by atoms with Crippen LogP contribution < -0.4 is 5.73 Å². The molecule has 5 heteroatoms. The van der Waals surface area contributed by atoms with E-state index in [-0.39, 0.29) is 12.4 Å². The molecule has 4 nitrogen and oxygen atoms in total. The molecule has 20 heavy (non-hydrogen) atoms. The van der Waals surface area contributed by atoms with Crippen molar-refractivity contribution in [3.8, 4) is 0 Å². The number of hydrogen-bond donors (Lipinski definition) is 1. The van der Waals surface area contributed by atoms with Gasteiger partial charge >= 0.3 is 0 Å². The number of hydrogen-bond acceptors (Lipinski definition) is 3. The van der Waals surface area contributed by atoms with E-state index in [1.807, 2.05) is 0 Å². The third-order valence-electron chi connectivity index (χ3n) is 4.60. The summed E-state index contributed by atoms with van der Waals surface area (Å²) in [7, 11) is 0. The number of carbonyl (C=O) groups excluding carboxylic acids is 1. The first-order valence-electron chi connectivity index (χ1n) is 7.92. The summed E-state index contributed by atoms with van der Waals surface area (Å²) in [5, 5.41) is 0. The van der Waals surface area contributed by atoms with Gasteiger partial charge in [-0.25, -0.2) is 0 Å². The van der Waals surface area contributed by atoms with Crippen LogP contribution in [0.25, 0.3) is 0 Å². The average molecular weight is 304 g/mol. The van der Waals surface area contributed by atoms with Crippen LogP contribution >= 0.6 is 12.4 Å². The fourth-order valence-electron chi connectivity index (χ4n) is 3.48. The van der Waals surface area contributed by atoms with E-state index in [9.17, 15) is 4.79 Å². The summed E-state index contributed by atoms with van der Waals surface area (Å²) in [4.78, 5) is 16.9. The Morgan fingerprint density at radius 3 is 2.70 bits per heavy atom. The number of amides is 1. The zero-order valence-electron chi connectivity index (χ0n) is 12.7. The predicted octanol–water partition coefficient (Wildman–Crippen LogP) is 1.87. The molecular formula is C15H30ClN3O. The molecular weight excluding hydrogens is 274 g/mol. The lowest BCUT2D eigenvalue weighted by Crippen LogP contribution is -2.49. The fraction of sp³-hybridized carbons (Fsp3) is 0.933. The van der Waals surface area contributed by atoms with Gasteiger partial charge in [-0.3, -0.25) is 9.69 Å². The molecule has 2 aliphatic rings. The van der Waals surface area contributed by atoms with Gasteiger partial charge in [0.25, 0.3) is 0 Å². The third-order valence-corrected chi connectivity index (χ3v) is 4.60. The Morgan fingerprint density at radius 2 is 2.00 bits per heavy atom. The first kappa shape index (κ1) is 17.7. The van der Waals surface area contributed by atoms with Crippen LogP contribution in [0.5, 0.6) is 0 Å². The van der Waals surface area contributed by atoms with Crippen molar-refractivity contribution >= 4 is 18.3 Å². The monoisotopic (exact) mass is 303 g/mol. The molecule has 2 heterocycles. The minimum atomic E-state index is 0. The number of nitrogens with zero attached hydrogens (tertiary/aromatic N) is 2. The highest BCUT2D eigenvalue weighted by atomic mass is 35.5. The number of piperidine rings is 2. The highest BCUT2D eigenvalue weighted by Gasteiger charge is 2.27. The van der Waals surface area contributed by atoms with Crippen LogP contribution in [-0.4, -0.2) is 54.5 Å². The summed E-state index contributed by atoms with van der Waals surface area (Å²) in [6, 6.07) is 0.532. The second kappa shape index (κ2) is 8.85. The number of rotatable bonds is 4. The van der Waals surface area contributed by atoms with Crippen molar-refractivity contribution in [2.45, 2.75) is 51.5 Å². The lowest BCUT2D eigenvalue weighted by Gasteiger charge is -2.38. The molecule has 0 spiro atoms. The summed E-state index contributed by atoms with van der Waals surface area (Å²) < 4.78 is 0. The van der Waals surface area contributed by atoms with E-state index < -0.39 is 0 Å². The van der Waals surface area contributed by atoms with Crippen LogP contribution in [-0.2, 0) is 4.79 Å². The Kier molecular flexibility index (Phi) is 7.85. The number of carbonyl (C=O) groups is 1. The second-order valence-electron chi connectivity index (χ2n) is 6.28. The smallest absolute Gasteiger partial charge is 0.236 e. The molecule has 0 aromatic heterocycles. The standard InChI is InChI=1S/C15H29N3O.ClH/c1-13-5-4-10-18(11-13)15(19)12-17-9-3-2-6-14(17)7-8-16;/h13-14H,2-12,16H2,1H3;1H. The van der Waals surface area contributed by atoms with Crippen LogP contribution in [0.3, 0.4) is 0 Å². The minimum absolute atomic E-state index is 0. The quantitative estimate of drug-likeness (QED) is 0.862. The van der Waals surface area contributed by atoms with E-state index in [0.29, 0.717) is 24.4 Å². The van der Waals surface area contributed by atoms with Crippen molar-refractivity contribution in [3.63, 3.8) is 0 Å².